The number of primary amides is 1. The number of thioether (sulfide) groups is 1. The molecule has 0 spiro atoms. The zero-order valence-electron chi connectivity index (χ0n) is 11.1. The first-order chi connectivity index (χ1) is 9.29. The summed E-state index contributed by atoms with van der Waals surface area (Å²) in [6.45, 7) is 3.98. The van der Waals surface area contributed by atoms with Crippen molar-refractivity contribution in [1.82, 2.24) is 0 Å². The SMILES string of the molecule is CC(C)c1ccc2c(c1)S(=O)(=O)N=C(SCC(N)=O)N2. The molecule has 1 aliphatic heterocycles. The lowest BCUT2D eigenvalue weighted by atomic mass is 10.0. The highest BCUT2D eigenvalue weighted by atomic mass is 32.2. The first-order valence-corrected chi connectivity index (χ1v) is 8.39. The number of amides is 1. The number of benzene rings is 1. The number of carbonyl (C=O) groups excluding carboxylic acids is 1. The van der Waals surface area contributed by atoms with Gasteiger partial charge in [-0.25, -0.2) is 0 Å². The fraction of sp³-hybridized carbons (Fsp3) is 0.333. The van der Waals surface area contributed by atoms with Crippen molar-refractivity contribution in [2.75, 3.05) is 11.1 Å². The van der Waals surface area contributed by atoms with Gasteiger partial charge in [-0.2, -0.15) is 8.42 Å². The molecule has 6 nitrogen and oxygen atoms in total. The molecule has 1 aromatic carbocycles. The van der Waals surface area contributed by atoms with Gasteiger partial charge in [-0.1, -0.05) is 31.7 Å². The van der Waals surface area contributed by atoms with E-state index in [4.69, 9.17) is 5.73 Å². The van der Waals surface area contributed by atoms with Crippen molar-refractivity contribution in [2.45, 2.75) is 24.7 Å². The minimum Gasteiger partial charge on any atom is -0.369 e. The number of amidine groups is 1. The number of nitrogens with two attached hydrogens (primary N) is 1. The van der Waals surface area contributed by atoms with Crippen LogP contribution in [0.5, 0.6) is 0 Å². The van der Waals surface area contributed by atoms with Crippen LogP contribution in [0.2, 0.25) is 0 Å². The molecular formula is C12H15N3O3S2. The average molecular weight is 313 g/mol. The van der Waals surface area contributed by atoms with Gasteiger partial charge < -0.3 is 11.1 Å². The lowest BCUT2D eigenvalue weighted by molar-refractivity contribution is -0.115. The van der Waals surface area contributed by atoms with Gasteiger partial charge in [0.15, 0.2) is 5.17 Å². The van der Waals surface area contributed by atoms with Crippen LogP contribution in [0, 0.1) is 0 Å². The van der Waals surface area contributed by atoms with Gasteiger partial charge in [-0.3, -0.25) is 4.79 Å². The van der Waals surface area contributed by atoms with E-state index in [-0.39, 0.29) is 21.7 Å². The molecular weight excluding hydrogens is 298 g/mol. The summed E-state index contributed by atoms with van der Waals surface area (Å²) >= 11 is 0.967. The maximum atomic E-state index is 12.1. The second kappa shape index (κ2) is 5.45. The smallest absolute Gasteiger partial charge is 0.286 e. The van der Waals surface area contributed by atoms with Crippen molar-refractivity contribution in [1.29, 1.82) is 0 Å². The van der Waals surface area contributed by atoms with Gasteiger partial charge in [0, 0.05) is 0 Å². The van der Waals surface area contributed by atoms with E-state index >= 15 is 0 Å². The van der Waals surface area contributed by atoms with Crippen molar-refractivity contribution in [3.05, 3.63) is 23.8 Å². The zero-order valence-corrected chi connectivity index (χ0v) is 12.7. The second-order valence-electron chi connectivity index (χ2n) is 4.66. The van der Waals surface area contributed by atoms with E-state index < -0.39 is 15.9 Å². The average Bonchev–Trinajstić information content (AvgIpc) is 2.35. The molecule has 3 N–H and O–H groups in total. The fourth-order valence-electron chi connectivity index (χ4n) is 1.71. The Morgan fingerprint density at radius 3 is 2.75 bits per heavy atom. The summed E-state index contributed by atoms with van der Waals surface area (Å²) in [6, 6.07) is 5.21. The Labute approximate surface area is 121 Å². The lowest BCUT2D eigenvalue weighted by Gasteiger charge is -2.19. The molecule has 0 radical (unpaired) electrons. The topological polar surface area (TPSA) is 102 Å². The van der Waals surface area contributed by atoms with E-state index in [1.807, 2.05) is 19.9 Å². The highest BCUT2D eigenvalue weighted by molar-refractivity contribution is 8.15. The van der Waals surface area contributed by atoms with Crippen molar-refractivity contribution >= 4 is 38.5 Å². The highest BCUT2D eigenvalue weighted by Gasteiger charge is 2.25. The number of nitrogens with zero attached hydrogens (tertiary/aromatic N) is 1. The molecule has 1 aliphatic rings. The highest BCUT2D eigenvalue weighted by Crippen LogP contribution is 2.32. The Kier molecular flexibility index (Phi) is 4.05. The molecule has 0 saturated carbocycles. The van der Waals surface area contributed by atoms with Gasteiger partial charge in [0.05, 0.1) is 11.4 Å². The van der Waals surface area contributed by atoms with Crippen molar-refractivity contribution in [2.24, 2.45) is 10.1 Å². The van der Waals surface area contributed by atoms with Crippen LogP contribution in [-0.2, 0) is 14.8 Å². The molecule has 1 heterocycles. The van der Waals surface area contributed by atoms with Gasteiger partial charge in [-0.05, 0) is 23.6 Å². The quantitative estimate of drug-likeness (QED) is 0.880. The summed E-state index contributed by atoms with van der Waals surface area (Å²) in [7, 11) is -3.74. The number of sulfonamides is 1. The van der Waals surface area contributed by atoms with Gasteiger partial charge in [0.25, 0.3) is 10.0 Å². The summed E-state index contributed by atoms with van der Waals surface area (Å²) in [5.74, 6) is -0.330. The molecule has 0 fully saturated rings. The summed E-state index contributed by atoms with van der Waals surface area (Å²) in [5.41, 5.74) is 6.43. The number of carbonyl (C=O) groups is 1. The van der Waals surface area contributed by atoms with Crippen molar-refractivity contribution < 1.29 is 13.2 Å². The third kappa shape index (κ3) is 3.13. The second-order valence-corrected chi connectivity index (χ2v) is 7.20. The Morgan fingerprint density at radius 1 is 1.45 bits per heavy atom. The van der Waals surface area contributed by atoms with Crippen LogP contribution >= 0.6 is 11.8 Å². The molecule has 1 aromatic rings. The summed E-state index contributed by atoms with van der Waals surface area (Å²) in [5, 5.41) is 3.06. The summed E-state index contributed by atoms with van der Waals surface area (Å²) < 4.78 is 28.0. The molecule has 108 valence electrons. The van der Waals surface area contributed by atoms with Crippen molar-refractivity contribution in [3.8, 4) is 0 Å². The van der Waals surface area contributed by atoms with Crippen LogP contribution in [-0.4, -0.2) is 25.2 Å². The van der Waals surface area contributed by atoms with Crippen LogP contribution in [0.4, 0.5) is 5.69 Å². The monoisotopic (exact) mass is 313 g/mol. The first-order valence-electron chi connectivity index (χ1n) is 5.96. The van der Waals surface area contributed by atoms with E-state index in [1.54, 1.807) is 12.1 Å². The zero-order chi connectivity index (χ0) is 14.9. The molecule has 1 amide bonds. The van der Waals surface area contributed by atoms with E-state index in [9.17, 15) is 13.2 Å². The van der Waals surface area contributed by atoms with Crippen molar-refractivity contribution in [3.63, 3.8) is 0 Å². The Balaban J connectivity index is 2.37. The maximum Gasteiger partial charge on any atom is 0.286 e. The molecule has 0 bridgehead atoms. The van der Waals surface area contributed by atoms with Crippen LogP contribution in [0.25, 0.3) is 0 Å². The fourth-order valence-corrected chi connectivity index (χ4v) is 3.72. The van der Waals surface area contributed by atoms with Gasteiger partial charge in [0.2, 0.25) is 5.91 Å². The first kappa shape index (κ1) is 14.9. The Bertz CT molecular complexity index is 681. The lowest BCUT2D eigenvalue weighted by Crippen LogP contribution is -2.22. The summed E-state index contributed by atoms with van der Waals surface area (Å²) in [6.07, 6.45) is 0. The summed E-state index contributed by atoms with van der Waals surface area (Å²) in [4.78, 5) is 10.9. The van der Waals surface area contributed by atoms with E-state index in [0.717, 1.165) is 17.3 Å². The number of rotatable bonds is 3. The number of hydrogen-bond donors (Lipinski definition) is 2. The largest absolute Gasteiger partial charge is 0.369 e. The number of hydrogen-bond acceptors (Lipinski definition) is 5. The predicted octanol–water partition coefficient (Wildman–Crippen LogP) is 1.50. The minimum absolute atomic E-state index is 0.0270. The minimum atomic E-state index is -3.74. The number of nitrogens with one attached hydrogen (secondary N) is 1. The number of fused-ring (bicyclic) bond motifs is 1. The van der Waals surface area contributed by atoms with E-state index in [2.05, 4.69) is 9.71 Å². The molecule has 0 atom stereocenters. The van der Waals surface area contributed by atoms with Gasteiger partial charge in [0.1, 0.15) is 4.90 Å². The standard InChI is InChI=1S/C12H15N3O3S2/c1-7(2)8-3-4-9-10(5-8)20(17,18)15-12(14-9)19-6-11(13)16/h3-5,7H,6H2,1-2H3,(H2,13,16)(H,14,15). The van der Waals surface area contributed by atoms with Crippen LogP contribution < -0.4 is 11.1 Å². The van der Waals surface area contributed by atoms with Crippen LogP contribution in [0.15, 0.2) is 27.5 Å². The van der Waals surface area contributed by atoms with Crippen LogP contribution in [0.3, 0.4) is 0 Å². The maximum absolute atomic E-state index is 12.1. The molecule has 20 heavy (non-hydrogen) atoms. The number of anilines is 1. The van der Waals surface area contributed by atoms with Gasteiger partial charge >= 0.3 is 0 Å². The third-order valence-electron chi connectivity index (χ3n) is 2.75. The van der Waals surface area contributed by atoms with E-state index in [1.165, 1.54) is 0 Å². The Morgan fingerprint density at radius 2 is 2.15 bits per heavy atom. The molecule has 0 unspecified atom stereocenters. The van der Waals surface area contributed by atoms with E-state index in [0.29, 0.717) is 5.69 Å². The molecule has 8 heteroatoms. The third-order valence-corrected chi connectivity index (χ3v) is 5.07. The molecule has 0 aromatic heterocycles. The van der Waals surface area contributed by atoms with Gasteiger partial charge in [-0.15, -0.1) is 4.40 Å². The molecule has 0 aliphatic carbocycles. The van der Waals surface area contributed by atoms with Crippen LogP contribution in [0.1, 0.15) is 25.3 Å². The predicted molar refractivity (Wildman–Crippen MR) is 80.4 cm³/mol. The Hall–Kier alpha value is -1.54. The molecule has 0 saturated heterocycles. The molecule has 2 rings (SSSR count). The normalized spacial score (nSPS) is 16.2.